The van der Waals surface area contributed by atoms with Crippen molar-refractivity contribution in [2.45, 2.75) is 25.7 Å². The molecule has 0 unspecified atom stereocenters. The summed E-state index contributed by atoms with van der Waals surface area (Å²) in [4.78, 5) is 27.3. The van der Waals surface area contributed by atoms with Gasteiger partial charge >= 0.3 is 0 Å². The number of rotatable bonds is 9. The van der Waals surface area contributed by atoms with Crippen molar-refractivity contribution in [3.8, 4) is 5.75 Å². The average Bonchev–Trinajstić information content (AvgIpc) is 3.02. The Morgan fingerprint density at radius 2 is 1.83 bits per heavy atom. The summed E-state index contributed by atoms with van der Waals surface area (Å²) in [5.74, 6) is 0.795. The Bertz CT molecular complexity index is 927. The minimum Gasteiger partial charge on any atom is -0.497 e. The first kappa shape index (κ1) is 22.1. The van der Waals surface area contributed by atoms with E-state index < -0.39 is 0 Å². The molecule has 1 aliphatic heterocycles. The van der Waals surface area contributed by atoms with Crippen molar-refractivity contribution in [1.82, 2.24) is 4.90 Å². The lowest BCUT2D eigenvalue weighted by atomic mass is 10.1. The topological polar surface area (TPSA) is 58.6 Å². The summed E-state index contributed by atoms with van der Waals surface area (Å²) in [6, 6.07) is 17.0. The first-order valence-corrected chi connectivity index (χ1v) is 11.0. The van der Waals surface area contributed by atoms with E-state index in [0.717, 1.165) is 41.2 Å². The molecule has 5 nitrogen and oxygen atoms in total. The minimum absolute atomic E-state index is 0.00855. The number of hydrogen-bond donors (Lipinski definition) is 1. The van der Waals surface area contributed by atoms with Crippen LogP contribution in [0.1, 0.15) is 31.2 Å². The minimum atomic E-state index is -0.0402. The lowest BCUT2D eigenvalue weighted by Crippen LogP contribution is -2.28. The number of benzene rings is 2. The van der Waals surface area contributed by atoms with E-state index in [2.05, 4.69) is 5.32 Å². The smallest absolute Gasteiger partial charge is 0.291 e. The van der Waals surface area contributed by atoms with Crippen LogP contribution in [0.2, 0.25) is 0 Å². The summed E-state index contributed by atoms with van der Waals surface area (Å²) in [5, 5.41) is 2.84. The molecule has 1 aliphatic rings. The second-order valence-electron chi connectivity index (χ2n) is 6.83. The normalized spacial score (nSPS) is 15.0. The van der Waals surface area contributed by atoms with Crippen LogP contribution in [0.4, 0.5) is 10.5 Å². The maximum atomic E-state index is 12.3. The van der Waals surface area contributed by atoms with Crippen molar-refractivity contribution < 1.29 is 14.3 Å². The molecule has 1 fully saturated rings. The third-order valence-electron chi connectivity index (χ3n) is 4.63. The molecular weight excluding hydrogens is 416 g/mol. The molecule has 1 heterocycles. The summed E-state index contributed by atoms with van der Waals surface area (Å²) in [5.41, 5.74) is 1.78. The molecule has 0 atom stereocenters. The number of carbonyl (C=O) groups is 2. The summed E-state index contributed by atoms with van der Waals surface area (Å²) in [6.07, 6.45) is 4.83. The number of carbonyl (C=O) groups excluding carboxylic acids is 2. The second-order valence-corrected chi connectivity index (χ2v) is 8.21. The van der Waals surface area contributed by atoms with Gasteiger partial charge in [0.25, 0.3) is 5.24 Å². The van der Waals surface area contributed by atoms with Gasteiger partial charge in [-0.2, -0.15) is 0 Å². The van der Waals surface area contributed by atoms with Gasteiger partial charge in [0.15, 0.2) is 0 Å². The van der Waals surface area contributed by atoms with E-state index in [9.17, 15) is 9.59 Å². The Morgan fingerprint density at radius 3 is 2.53 bits per heavy atom. The number of nitrogens with zero attached hydrogens (tertiary/aromatic N) is 1. The number of ether oxygens (including phenoxy) is 1. The third-order valence-corrected chi connectivity index (χ3v) is 6.13. The van der Waals surface area contributed by atoms with Crippen molar-refractivity contribution in [2.75, 3.05) is 19.0 Å². The molecular formula is C23H24N2O3S2. The quantitative estimate of drug-likeness (QED) is 0.306. The number of anilines is 1. The van der Waals surface area contributed by atoms with Crippen LogP contribution in [0.25, 0.3) is 6.08 Å². The number of unbranched alkanes of at least 4 members (excludes halogenated alkanes) is 2. The maximum absolute atomic E-state index is 12.3. The van der Waals surface area contributed by atoms with Gasteiger partial charge in [-0.1, -0.05) is 49.0 Å². The Labute approximate surface area is 186 Å². The van der Waals surface area contributed by atoms with Gasteiger partial charge in [0.05, 0.1) is 12.0 Å². The Hall–Kier alpha value is -2.64. The van der Waals surface area contributed by atoms with Gasteiger partial charge in [0, 0.05) is 18.7 Å². The second kappa shape index (κ2) is 10.9. The van der Waals surface area contributed by atoms with Crippen LogP contribution < -0.4 is 10.1 Å². The van der Waals surface area contributed by atoms with Gasteiger partial charge in [0.2, 0.25) is 5.91 Å². The van der Waals surface area contributed by atoms with Crippen LogP contribution in [0.5, 0.6) is 5.75 Å². The van der Waals surface area contributed by atoms with Crippen LogP contribution in [0.15, 0.2) is 59.5 Å². The zero-order valence-corrected chi connectivity index (χ0v) is 18.4. The van der Waals surface area contributed by atoms with E-state index in [1.54, 1.807) is 12.0 Å². The fraction of sp³-hybridized carbons (Fsp3) is 0.261. The Kier molecular flexibility index (Phi) is 8.04. The van der Waals surface area contributed by atoms with Gasteiger partial charge < -0.3 is 10.1 Å². The van der Waals surface area contributed by atoms with Crippen molar-refractivity contribution in [1.29, 1.82) is 0 Å². The van der Waals surface area contributed by atoms with Gasteiger partial charge in [-0.15, -0.1) is 0 Å². The fourth-order valence-corrected chi connectivity index (χ4v) is 4.31. The molecule has 0 spiro atoms. The van der Waals surface area contributed by atoms with E-state index in [4.69, 9.17) is 17.0 Å². The van der Waals surface area contributed by atoms with E-state index in [0.29, 0.717) is 18.0 Å². The fourth-order valence-electron chi connectivity index (χ4n) is 3.02. The van der Waals surface area contributed by atoms with Gasteiger partial charge in [0.1, 0.15) is 10.7 Å². The highest BCUT2D eigenvalue weighted by Gasteiger charge is 2.31. The molecule has 1 saturated heterocycles. The average molecular weight is 441 g/mol. The lowest BCUT2D eigenvalue weighted by Gasteiger charge is -2.14. The number of methoxy groups -OCH3 is 1. The number of hydrogen-bond acceptors (Lipinski definition) is 5. The molecule has 30 heavy (non-hydrogen) atoms. The highest BCUT2D eigenvalue weighted by molar-refractivity contribution is 8.19. The van der Waals surface area contributed by atoms with Crippen LogP contribution >= 0.6 is 24.0 Å². The number of para-hydroxylation sites is 1. The number of thiocarbonyl (C=S) groups is 1. The SMILES string of the molecule is COc1ccc(/C=C2/SC(=O)N(CCCCCC(=O)Nc3ccccc3)C2=S)cc1. The number of thioether (sulfide) groups is 1. The molecule has 2 aromatic carbocycles. The highest BCUT2D eigenvalue weighted by Crippen LogP contribution is 2.33. The Balaban J connectivity index is 1.42. The lowest BCUT2D eigenvalue weighted by molar-refractivity contribution is -0.116. The molecule has 0 aliphatic carbocycles. The molecule has 0 bridgehead atoms. The third kappa shape index (κ3) is 6.18. The van der Waals surface area contributed by atoms with Crippen molar-refractivity contribution >= 4 is 51.9 Å². The van der Waals surface area contributed by atoms with Gasteiger partial charge in [-0.3, -0.25) is 14.5 Å². The number of amides is 2. The molecule has 156 valence electrons. The zero-order chi connectivity index (χ0) is 21.3. The molecule has 1 N–H and O–H groups in total. The van der Waals surface area contributed by atoms with Crippen LogP contribution in [-0.2, 0) is 4.79 Å². The van der Waals surface area contributed by atoms with E-state index in [1.807, 2.05) is 60.7 Å². The Morgan fingerprint density at radius 1 is 1.10 bits per heavy atom. The van der Waals surface area contributed by atoms with Gasteiger partial charge in [-0.05, 0) is 60.5 Å². The molecule has 0 aromatic heterocycles. The van der Waals surface area contributed by atoms with E-state index in [-0.39, 0.29) is 11.1 Å². The van der Waals surface area contributed by atoms with Crippen LogP contribution in [-0.4, -0.2) is 34.7 Å². The molecule has 0 saturated carbocycles. The largest absolute Gasteiger partial charge is 0.497 e. The van der Waals surface area contributed by atoms with Crippen LogP contribution in [0, 0.1) is 0 Å². The molecule has 3 rings (SSSR count). The maximum Gasteiger partial charge on any atom is 0.291 e. The van der Waals surface area contributed by atoms with Gasteiger partial charge in [-0.25, -0.2) is 0 Å². The number of nitrogens with one attached hydrogen (secondary N) is 1. The van der Waals surface area contributed by atoms with Crippen LogP contribution in [0.3, 0.4) is 0 Å². The van der Waals surface area contributed by atoms with E-state index >= 15 is 0 Å². The van der Waals surface area contributed by atoms with Crippen molar-refractivity contribution in [2.24, 2.45) is 0 Å². The first-order valence-electron chi connectivity index (χ1n) is 9.81. The van der Waals surface area contributed by atoms with E-state index in [1.165, 1.54) is 11.8 Å². The highest BCUT2D eigenvalue weighted by atomic mass is 32.2. The molecule has 2 aromatic rings. The summed E-state index contributed by atoms with van der Waals surface area (Å²) >= 11 is 6.67. The predicted octanol–water partition coefficient (Wildman–Crippen LogP) is 5.73. The summed E-state index contributed by atoms with van der Waals surface area (Å²) < 4.78 is 5.16. The molecule has 7 heteroatoms. The summed E-state index contributed by atoms with van der Waals surface area (Å²) in [6.45, 7) is 0.574. The molecule has 2 amide bonds. The standard InChI is InChI=1S/C23H24N2O3S2/c1-28-19-13-11-17(12-14-19)16-20-22(29)25(23(27)30-20)15-7-3-6-10-21(26)24-18-8-4-2-5-9-18/h2,4-5,8-9,11-14,16H,3,6-7,10,15H2,1H3,(H,24,26)/b20-16+. The first-order chi connectivity index (χ1) is 14.6. The molecule has 0 radical (unpaired) electrons. The zero-order valence-electron chi connectivity index (χ0n) is 16.8. The van der Waals surface area contributed by atoms with Crippen molar-refractivity contribution in [3.63, 3.8) is 0 Å². The monoisotopic (exact) mass is 440 g/mol. The summed E-state index contributed by atoms with van der Waals surface area (Å²) in [7, 11) is 1.63. The van der Waals surface area contributed by atoms with Crippen molar-refractivity contribution in [3.05, 3.63) is 65.1 Å². The predicted molar refractivity (Wildman–Crippen MR) is 127 cm³/mol.